The first kappa shape index (κ1) is 30.3. The largest absolute Gasteiger partial charge is 0.496 e. The lowest BCUT2D eigenvalue weighted by Crippen LogP contribution is -2.26. The van der Waals surface area contributed by atoms with Gasteiger partial charge in [-0.15, -0.1) is 0 Å². The summed E-state index contributed by atoms with van der Waals surface area (Å²) >= 11 is 7.14. The predicted molar refractivity (Wildman–Crippen MR) is 170 cm³/mol. The number of ether oxygens (including phenoxy) is 4. The lowest BCUT2D eigenvalue weighted by Gasteiger charge is -2.19. The van der Waals surface area contributed by atoms with Crippen molar-refractivity contribution in [1.82, 2.24) is 9.66 Å². The van der Waals surface area contributed by atoms with E-state index in [0.717, 1.165) is 5.39 Å². The van der Waals surface area contributed by atoms with E-state index in [0.29, 0.717) is 60.6 Å². The number of aromatic nitrogens is 2. The monoisotopic (exact) mass is 711 g/mol. The Kier molecular flexibility index (Phi) is 9.16. The highest BCUT2D eigenvalue weighted by Crippen LogP contribution is 2.43. The average Bonchev–Trinajstić information content (AvgIpc) is 3.45. The molecule has 2 aromatic heterocycles. The van der Waals surface area contributed by atoms with Gasteiger partial charge >= 0.3 is 5.97 Å². The molecule has 0 aliphatic rings. The van der Waals surface area contributed by atoms with Crippen LogP contribution in [0, 0.1) is 0 Å². The van der Waals surface area contributed by atoms with E-state index < -0.39 is 12.1 Å². The maximum atomic E-state index is 13.7. The van der Waals surface area contributed by atoms with Gasteiger partial charge in [0.1, 0.15) is 11.3 Å². The number of furan rings is 1. The molecule has 10 nitrogen and oxygen atoms in total. The van der Waals surface area contributed by atoms with Crippen molar-refractivity contribution in [3.8, 4) is 28.8 Å². The maximum Gasteiger partial charge on any atom is 0.347 e. The Hall–Kier alpha value is -4.16. The van der Waals surface area contributed by atoms with Gasteiger partial charge in [0.25, 0.3) is 5.56 Å². The van der Waals surface area contributed by atoms with Gasteiger partial charge in [0, 0.05) is 10.0 Å². The summed E-state index contributed by atoms with van der Waals surface area (Å²) in [5.41, 5.74) is 1.26. The minimum atomic E-state index is -0.880. The topological polar surface area (TPSA) is 114 Å². The minimum Gasteiger partial charge on any atom is -0.496 e. The van der Waals surface area contributed by atoms with Crippen LogP contribution in [-0.2, 0) is 9.53 Å². The predicted octanol–water partition coefficient (Wildman–Crippen LogP) is 6.95. The SMILES string of the molecule is CCOC(=O)[C@@H](C)Oc1c(OCC)cc(C=Nn2c(-c3cc4c(OC)cccc4o3)nc3ccccc3c2=O)c(Br)c1Br. The summed E-state index contributed by atoms with van der Waals surface area (Å²) in [6.45, 7) is 5.72. The fourth-order valence-corrected chi connectivity index (χ4v) is 5.30. The first-order valence-corrected chi connectivity index (χ1v) is 15.0. The number of fused-ring (bicyclic) bond motifs is 2. The zero-order valence-electron chi connectivity index (χ0n) is 23.7. The van der Waals surface area contributed by atoms with Crippen molar-refractivity contribution in [2.45, 2.75) is 26.9 Å². The van der Waals surface area contributed by atoms with Gasteiger partial charge in [-0.2, -0.15) is 9.78 Å². The van der Waals surface area contributed by atoms with Crippen LogP contribution in [0.5, 0.6) is 17.2 Å². The van der Waals surface area contributed by atoms with E-state index in [9.17, 15) is 9.59 Å². The molecule has 0 unspecified atom stereocenters. The number of rotatable bonds is 10. The summed E-state index contributed by atoms with van der Waals surface area (Å²) in [4.78, 5) is 30.7. The third-order valence-electron chi connectivity index (χ3n) is 6.40. The Morgan fingerprint density at radius 3 is 2.58 bits per heavy atom. The van der Waals surface area contributed by atoms with Crippen LogP contribution in [0.15, 0.2) is 77.9 Å². The smallest absolute Gasteiger partial charge is 0.347 e. The van der Waals surface area contributed by atoms with E-state index in [1.165, 1.54) is 10.9 Å². The highest BCUT2D eigenvalue weighted by Gasteiger charge is 2.24. The van der Waals surface area contributed by atoms with E-state index in [2.05, 4.69) is 37.0 Å². The van der Waals surface area contributed by atoms with Crippen LogP contribution >= 0.6 is 31.9 Å². The number of benzene rings is 3. The molecule has 0 N–H and O–H groups in total. The van der Waals surface area contributed by atoms with Gasteiger partial charge in [-0.1, -0.05) is 18.2 Å². The van der Waals surface area contributed by atoms with Crippen LogP contribution in [0.1, 0.15) is 26.3 Å². The standard InChI is InChI=1S/C31H27Br2N3O7/c1-5-40-24-14-18(26(32)27(33)28(24)42-17(3)31(38)41-6-2)16-34-36-29(35-21-11-8-7-10-19(21)30(36)37)25-15-20-22(39-4)12-9-13-23(20)43-25/h7-17H,5-6H2,1-4H3/t17-/m1/s1. The van der Waals surface area contributed by atoms with E-state index in [1.54, 1.807) is 51.3 Å². The highest BCUT2D eigenvalue weighted by atomic mass is 79.9. The number of para-hydroxylation sites is 1. The van der Waals surface area contributed by atoms with Crippen LogP contribution in [0.2, 0.25) is 0 Å². The molecule has 5 rings (SSSR count). The molecule has 3 aromatic carbocycles. The van der Waals surface area contributed by atoms with Crippen molar-refractivity contribution in [3.63, 3.8) is 0 Å². The van der Waals surface area contributed by atoms with Gasteiger partial charge in [-0.05, 0) is 89.0 Å². The molecule has 2 heterocycles. The first-order valence-electron chi connectivity index (χ1n) is 13.4. The summed E-state index contributed by atoms with van der Waals surface area (Å²) < 4.78 is 30.7. The molecule has 5 aromatic rings. The second-order valence-corrected chi connectivity index (χ2v) is 10.7. The van der Waals surface area contributed by atoms with Crippen molar-refractivity contribution in [3.05, 3.63) is 79.5 Å². The maximum absolute atomic E-state index is 13.7. The lowest BCUT2D eigenvalue weighted by atomic mass is 10.2. The Balaban J connectivity index is 1.64. The summed E-state index contributed by atoms with van der Waals surface area (Å²) in [6.07, 6.45) is 0.620. The number of methoxy groups -OCH3 is 1. The number of hydrogen-bond donors (Lipinski definition) is 0. The second-order valence-electron chi connectivity index (χ2n) is 9.16. The molecular formula is C31H27Br2N3O7. The molecule has 43 heavy (non-hydrogen) atoms. The van der Waals surface area contributed by atoms with Crippen molar-refractivity contribution in [2.75, 3.05) is 20.3 Å². The van der Waals surface area contributed by atoms with Crippen molar-refractivity contribution >= 4 is 65.9 Å². The molecule has 0 amide bonds. The fraction of sp³-hybridized carbons (Fsp3) is 0.226. The molecule has 222 valence electrons. The van der Waals surface area contributed by atoms with Gasteiger partial charge in [0.2, 0.25) is 5.82 Å². The Labute approximate surface area is 263 Å². The van der Waals surface area contributed by atoms with Crippen molar-refractivity contribution in [2.24, 2.45) is 5.10 Å². The summed E-state index contributed by atoms with van der Waals surface area (Å²) in [5.74, 6) is 1.35. The molecule has 1 atom stereocenters. The van der Waals surface area contributed by atoms with E-state index in [-0.39, 0.29) is 18.0 Å². The fourth-order valence-electron chi connectivity index (χ4n) is 4.39. The van der Waals surface area contributed by atoms with Crippen LogP contribution in [-0.4, -0.2) is 48.3 Å². The Bertz CT molecular complexity index is 1920. The number of halogens is 2. The zero-order chi connectivity index (χ0) is 30.7. The molecule has 0 bridgehead atoms. The molecular weight excluding hydrogens is 686 g/mol. The number of carbonyl (C=O) groups is 1. The summed E-state index contributed by atoms with van der Waals surface area (Å²) in [5, 5.41) is 5.69. The molecule has 0 spiro atoms. The molecule has 0 saturated carbocycles. The summed E-state index contributed by atoms with van der Waals surface area (Å²) in [7, 11) is 1.58. The van der Waals surface area contributed by atoms with Gasteiger partial charge in [0.05, 0.1) is 47.3 Å². The molecule has 0 radical (unpaired) electrons. The van der Waals surface area contributed by atoms with Crippen molar-refractivity contribution in [1.29, 1.82) is 0 Å². The zero-order valence-corrected chi connectivity index (χ0v) is 26.9. The Morgan fingerprint density at radius 2 is 1.84 bits per heavy atom. The number of esters is 1. The van der Waals surface area contributed by atoms with Gasteiger partial charge < -0.3 is 23.4 Å². The third-order valence-corrected chi connectivity index (χ3v) is 8.54. The molecule has 12 heteroatoms. The number of hydrogen-bond acceptors (Lipinski definition) is 9. The van der Waals surface area contributed by atoms with Gasteiger partial charge in [0.15, 0.2) is 23.4 Å². The third kappa shape index (κ3) is 6.02. The second kappa shape index (κ2) is 13.0. The van der Waals surface area contributed by atoms with Crippen LogP contribution in [0.4, 0.5) is 0 Å². The number of carbonyl (C=O) groups excluding carboxylic acids is 1. The highest BCUT2D eigenvalue weighted by molar-refractivity contribution is 9.13. The van der Waals surface area contributed by atoms with E-state index in [4.69, 9.17) is 28.3 Å². The lowest BCUT2D eigenvalue weighted by molar-refractivity contribution is -0.150. The summed E-state index contributed by atoms with van der Waals surface area (Å²) in [6, 6.07) is 16.0. The van der Waals surface area contributed by atoms with Gasteiger partial charge in [-0.25, -0.2) is 9.78 Å². The molecule has 0 saturated heterocycles. The molecule has 0 aliphatic heterocycles. The first-order chi connectivity index (χ1) is 20.8. The average molecular weight is 713 g/mol. The van der Waals surface area contributed by atoms with Crippen LogP contribution in [0.3, 0.4) is 0 Å². The van der Waals surface area contributed by atoms with E-state index in [1.807, 2.05) is 31.2 Å². The van der Waals surface area contributed by atoms with E-state index >= 15 is 0 Å². The quantitative estimate of drug-likeness (QED) is 0.113. The van der Waals surface area contributed by atoms with Crippen LogP contribution in [0.25, 0.3) is 33.5 Å². The number of nitrogens with zero attached hydrogens (tertiary/aromatic N) is 3. The normalized spacial score (nSPS) is 12.1. The Morgan fingerprint density at radius 1 is 1.05 bits per heavy atom. The minimum absolute atomic E-state index is 0.210. The molecule has 0 aliphatic carbocycles. The van der Waals surface area contributed by atoms with Gasteiger partial charge in [-0.3, -0.25) is 4.79 Å². The molecule has 0 fully saturated rings. The van der Waals surface area contributed by atoms with Crippen LogP contribution < -0.4 is 19.8 Å². The van der Waals surface area contributed by atoms with Crippen molar-refractivity contribution < 1.29 is 28.2 Å².